The van der Waals surface area contributed by atoms with E-state index in [2.05, 4.69) is 15.9 Å². The number of benzene rings is 4. The van der Waals surface area contributed by atoms with E-state index in [1.807, 2.05) is 33.6 Å². The van der Waals surface area contributed by atoms with Gasteiger partial charge in [-0.3, -0.25) is 14.5 Å². The van der Waals surface area contributed by atoms with Crippen molar-refractivity contribution in [2.24, 2.45) is 0 Å². The van der Waals surface area contributed by atoms with E-state index in [0.717, 1.165) is 21.5 Å². The molecule has 0 radical (unpaired) electrons. The van der Waals surface area contributed by atoms with E-state index in [9.17, 15) is 18.4 Å². The fraction of sp³-hybridized carbons (Fsp3) is 0.188. The van der Waals surface area contributed by atoms with Gasteiger partial charge < -0.3 is 17.0 Å². The zero-order chi connectivity index (χ0) is 31.1. The molecule has 45 heavy (non-hydrogen) atoms. The Bertz CT molecular complexity index is 2010. The van der Waals surface area contributed by atoms with Crippen LogP contribution in [0, 0.1) is 16.4 Å². The van der Waals surface area contributed by atoms with Crippen LogP contribution in [0.4, 0.5) is 8.78 Å². The van der Waals surface area contributed by atoms with Crippen molar-refractivity contribution in [2.75, 3.05) is 6.54 Å². The fourth-order valence-corrected chi connectivity index (χ4v) is 6.58. The maximum atomic E-state index is 14.5. The SMILES string of the molecule is O=C1c2cccc3c(Br)ccc(c23)C(=O)N1CCCCn1c(=S)[n+](Cc2ccc(F)cc2F)cn1Cc1ccc(Cl)c(Cl)c1.[Br-]. The summed E-state index contributed by atoms with van der Waals surface area (Å²) in [6, 6.07) is 17.8. The van der Waals surface area contributed by atoms with Gasteiger partial charge in [0.15, 0.2) is 0 Å². The lowest BCUT2D eigenvalue weighted by Crippen LogP contribution is -3.00. The van der Waals surface area contributed by atoms with Crippen LogP contribution in [-0.2, 0) is 19.6 Å². The molecule has 1 aromatic heterocycles. The highest BCUT2D eigenvalue weighted by Gasteiger charge is 2.32. The Hall–Kier alpha value is -2.96. The van der Waals surface area contributed by atoms with Crippen LogP contribution in [0.25, 0.3) is 10.8 Å². The molecule has 1 aliphatic heterocycles. The minimum atomic E-state index is -0.656. The molecular weight excluding hydrogens is 773 g/mol. The molecule has 0 saturated heterocycles. The molecule has 0 bridgehead atoms. The van der Waals surface area contributed by atoms with Crippen LogP contribution in [0.1, 0.15) is 44.7 Å². The van der Waals surface area contributed by atoms with Crippen molar-refractivity contribution in [3.05, 3.63) is 126 Å². The molecule has 2 amide bonds. The third-order valence-corrected chi connectivity index (χ3v) is 9.55. The van der Waals surface area contributed by atoms with Crippen molar-refractivity contribution in [3.63, 3.8) is 0 Å². The molecule has 2 heterocycles. The second kappa shape index (κ2) is 13.8. The second-order valence-corrected chi connectivity index (χ2v) is 12.6. The summed E-state index contributed by atoms with van der Waals surface area (Å²) >= 11 is 21.7. The minimum absolute atomic E-state index is 0. The first kappa shape index (κ1) is 33.4. The van der Waals surface area contributed by atoms with E-state index in [0.29, 0.717) is 62.8 Å². The van der Waals surface area contributed by atoms with Gasteiger partial charge in [-0.2, -0.15) is 0 Å². The lowest BCUT2D eigenvalue weighted by molar-refractivity contribution is -0.696. The molecule has 0 spiro atoms. The zero-order valence-electron chi connectivity index (χ0n) is 23.5. The number of imide groups is 1. The smallest absolute Gasteiger partial charge is 0.325 e. The number of aromatic nitrogens is 3. The Morgan fingerprint density at radius 2 is 1.60 bits per heavy atom. The predicted molar refractivity (Wildman–Crippen MR) is 171 cm³/mol. The van der Waals surface area contributed by atoms with Gasteiger partial charge in [0.05, 0.1) is 10.0 Å². The van der Waals surface area contributed by atoms with Gasteiger partial charge in [0, 0.05) is 39.2 Å². The lowest BCUT2D eigenvalue weighted by atomic mass is 9.94. The first-order valence-corrected chi connectivity index (χ1v) is 15.7. The second-order valence-electron chi connectivity index (χ2n) is 10.5. The standard InChI is InChI=1S/C32H24BrCl2F2N4O2S.BrH/c33-25-10-9-24-29-22(25)4-3-5-23(29)30(42)40(31(24)43)12-1-2-13-41-32(44)38(17-20-7-8-21(36)15-28(20)37)18-39(41)16-19-6-11-26(34)27(35)14-19;/h3-11,14-15,18H,1-2,12-13,16-17H2;1H/q+1;/p-1. The number of rotatable bonds is 9. The highest BCUT2D eigenvalue weighted by atomic mass is 79.9. The summed E-state index contributed by atoms with van der Waals surface area (Å²) in [5.74, 6) is -1.94. The number of unbranched alkanes of at least 4 members (excludes halogenated alkanes) is 1. The van der Waals surface area contributed by atoms with Crippen LogP contribution in [0.2, 0.25) is 10.0 Å². The van der Waals surface area contributed by atoms with Gasteiger partial charge in [0.25, 0.3) is 11.8 Å². The van der Waals surface area contributed by atoms with Gasteiger partial charge in [0.2, 0.25) is 6.33 Å². The van der Waals surface area contributed by atoms with Crippen LogP contribution >= 0.6 is 51.3 Å². The number of halogens is 6. The minimum Gasteiger partial charge on any atom is -1.00 e. The van der Waals surface area contributed by atoms with Crippen molar-refractivity contribution in [3.8, 4) is 0 Å². The summed E-state index contributed by atoms with van der Waals surface area (Å²) in [6.07, 6.45) is 2.91. The molecule has 5 aromatic rings. The number of amides is 2. The van der Waals surface area contributed by atoms with Crippen LogP contribution in [0.5, 0.6) is 0 Å². The first-order valence-electron chi connectivity index (χ1n) is 13.8. The average molecular weight is 797 g/mol. The van der Waals surface area contributed by atoms with Crippen LogP contribution in [0.15, 0.2) is 77.5 Å². The summed E-state index contributed by atoms with van der Waals surface area (Å²) in [5, 5.41) is 2.35. The van der Waals surface area contributed by atoms with E-state index >= 15 is 0 Å². The summed E-state index contributed by atoms with van der Waals surface area (Å²) in [4.78, 5) is 28.0. The van der Waals surface area contributed by atoms with Gasteiger partial charge in [-0.15, -0.1) is 9.36 Å². The van der Waals surface area contributed by atoms with Crippen LogP contribution in [0.3, 0.4) is 0 Å². The number of carbonyl (C=O) groups excluding carboxylic acids is 2. The van der Waals surface area contributed by atoms with Crippen molar-refractivity contribution in [1.82, 2.24) is 14.3 Å². The summed E-state index contributed by atoms with van der Waals surface area (Å²) in [6.45, 7) is 1.22. The first-order chi connectivity index (χ1) is 21.1. The molecule has 0 aliphatic carbocycles. The molecule has 1 aliphatic rings. The van der Waals surface area contributed by atoms with E-state index in [1.54, 1.807) is 35.2 Å². The monoisotopic (exact) mass is 794 g/mol. The molecule has 0 N–H and O–H groups in total. The van der Waals surface area contributed by atoms with E-state index in [1.165, 1.54) is 17.0 Å². The normalized spacial score (nSPS) is 12.6. The van der Waals surface area contributed by atoms with Gasteiger partial charge in [-0.25, -0.2) is 13.3 Å². The molecule has 4 aromatic carbocycles. The Morgan fingerprint density at radius 1 is 0.867 bits per heavy atom. The Balaban J connectivity index is 0.00000400. The quantitative estimate of drug-likeness (QED) is 0.0916. The highest BCUT2D eigenvalue weighted by Crippen LogP contribution is 2.34. The maximum Gasteiger partial charge on any atom is 0.325 e. The third-order valence-electron chi connectivity index (χ3n) is 7.67. The molecule has 0 fully saturated rings. The van der Waals surface area contributed by atoms with Crippen LogP contribution in [-0.4, -0.2) is 32.6 Å². The fourth-order valence-electron chi connectivity index (χ4n) is 5.49. The molecule has 0 unspecified atom stereocenters. The van der Waals surface area contributed by atoms with Crippen LogP contribution < -0.4 is 21.5 Å². The zero-order valence-corrected chi connectivity index (χ0v) is 29.0. The molecule has 6 nitrogen and oxygen atoms in total. The van der Waals surface area contributed by atoms with Gasteiger partial charge in [-0.1, -0.05) is 57.3 Å². The Morgan fingerprint density at radius 3 is 2.33 bits per heavy atom. The number of nitrogens with zero attached hydrogens (tertiary/aromatic N) is 4. The summed E-state index contributed by atoms with van der Waals surface area (Å²) in [7, 11) is 0. The molecule has 0 atom stereocenters. The third kappa shape index (κ3) is 6.64. The number of hydrogen-bond acceptors (Lipinski definition) is 3. The van der Waals surface area contributed by atoms with Crippen molar-refractivity contribution >= 4 is 73.9 Å². The average Bonchev–Trinajstić information content (AvgIpc) is 3.28. The summed E-state index contributed by atoms with van der Waals surface area (Å²) in [5.41, 5.74) is 2.18. The Labute approximate surface area is 291 Å². The molecular formula is C32H24Br2Cl2F2N4O2S. The van der Waals surface area contributed by atoms with Gasteiger partial charge in [0.1, 0.15) is 31.3 Å². The van der Waals surface area contributed by atoms with E-state index < -0.39 is 11.6 Å². The highest BCUT2D eigenvalue weighted by molar-refractivity contribution is 9.10. The maximum absolute atomic E-state index is 14.5. The molecule has 232 valence electrons. The van der Waals surface area contributed by atoms with Crippen molar-refractivity contribution < 1.29 is 39.9 Å². The molecule has 6 rings (SSSR count). The van der Waals surface area contributed by atoms with E-state index in [4.69, 9.17) is 35.4 Å². The van der Waals surface area contributed by atoms with Gasteiger partial charge >= 0.3 is 4.77 Å². The van der Waals surface area contributed by atoms with Crippen molar-refractivity contribution in [1.29, 1.82) is 0 Å². The van der Waals surface area contributed by atoms with Gasteiger partial charge in [-0.05, 0) is 78.5 Å². The van der Waals surface area contributed by atoms with Crippen molar-refractivity contribution in [2.45, 2.75) is 32.5 Å². The largest absolute Gasteiger partial charge is 1.00 e. The predicted octanol–water partition coefficient (Wildman–Crippen LogP) is 4.98. The van der Waals surface area contributed by atoms with E-state index in [-0.39, 0.29) is 41.9 Å². The number of carbonyl (C=O) groups is 2. The number of hydrogen-bond donors (Lipinski definition) is 0. The Kier molecular flexibility index (Phi) is 10.2. The summed E-state index contributed by atoms with van der Waals surface area (Å²) < 4.78 is 34.7. The topological polar surface area (TPSA) is 51.1 Å². The molecule has 13 heteroatoms. The lowest BCUT2D eigenvalue weighted by Gasteiger charge is -2.27. The molecule has 0 saturated carbocycles.